The summed E-state index contributed by atoms with van der Waals surface area (Å²) in [6.45, 7) is 3.34. The van der Waals surface area contributed by atoms with Gasteiger partial charge in [-0.3, -0.25) is 11.3 Å². The molecule has 90 valence electrons. The van der Waals surface area contributed by atoms with Crippen molar-refractivity contribution in [3.63, 3.8) is 0 Å². The zero-order chi connectivity index (χ0) is 11.1. The number of hydrogen-bond donors (Lipinski definition) is 2. The second kappa shape index (κ2) is 6.43. The van der Waals surface area contributed by atoms with Gasteiger partial charge in [0.05, 0.1) is 18.2 Å². The Bertz CT molecular complexity index is 170. The van der Waals surface area contributed by atoms with Crippen molar-refractivity contribution >= 4 is 0 Å². The molecule has 1 aliphatic rings. The van der Waals surface area contributed by atoms with Crippen molar-refractivity contribution in [3.05, 3.63) is 0 Å². The van der Waals surface area contributed by atoms with E-state index in [4.69, 9.17) is 15.3 Å². The van der Waals surface area contributed by atoms with Gasteiger partial charge in [-0.2, -0.15) is 0 Å². The molecule has 3 N–H and O–H groups in total. The number of nitrogens with two attached hydrogens (primary N) is 1. The first-order valence-corrected chi connectivity index (χ1v) is 5.88. The molecule has 0 bridgehead atoms. The normalized spacial score (nSPS) is 22.6. The van der Waals surface area contributed by atoms with Gasteiger partial charge in [-0.25, -0.2) is 0 Å². The highest BCUT2D eigenvalue weighted by Gasteiger charge is 2.39. The van der Waals surface area contributed by atoms with Crippen LogP contribution in [0.3, 0.4) is 0 Å². The Labute approximate surface area is 92.5 Å². The summed E-state index contributed by atoms with van der Waals surface area (Å²) in [5.74, 6) is 5.60. The van der Waals surface area contributed by atoms with Crippen LogP contribution in [0.4, 0.5) is 0 Å². The van der Waals surface area contributed by atoms with Crippen LogP contribution in [0, 0.1) is 0 Å². The monoisotopic (exact) mass is 216 g/mol. The van der Waals surface area contributed by atoms with E-state index in [-0.39, 0.29) is 11.6 Å². The molecule has 0 spiro atoms. The molecule has 0 aromatic carbocycles. The van der Waals surface area contributed by atoms with Crippen LogP contribution in [-0.4, -0.2) is 32.0 Å². The summed E-state index contributed by atoms with van der Waals surface area (Å²) in [6, 6.07) is 0.0998. The van der Waals surface area contributed by atoms with E-state index in [1.54, 1.807) is 7.11 Å². The van der Waals surface area contributed by atoms with E-state index in [1.165, 1.54) is 19.3 Å². The fourth-order valence-corrected chi connectivity index (χ4v) is 2.43. The molecule has 0 aliphatic heterocycles. The van der Waals surface area contributed by atoms with Crippen LogP contribution in [0.15, 0.2) is 0 Å². The Balaban J connectivity index is 2.58. The zero-order valence-electron chi connectivity index (χ0n) is 9.92. The molecule has 1 aliphatic carbocycles. The van der Waals surface area contributed by atoms with Crippen molar-refractivity contribution in [3.8, 4) is 0 Å². The third kappa shape index (κ3) is 3.14. The second-order valence-electron chi connectivity index (χ2n) is 4.21. The standard InChI is InChI=1S/C11H24N2O2/c1-3-15-9-10(13-12)11(14-2)7-5-4-6-8-11/h10,13H,3-9,12H2,1-2H3. The summed E-state index contributed by atoms with van der Waals surface area (Å²) in [5.41, 5.74) is 2.73. The van der Waals surface area contributed by atoms with Crippen LogP contribution in [0.25, 0.3) is 0 Å². The minimum Gasteiger partial charge on any atom is -0.380 e. The molecule has 4 nitrogen and oxygen atoms in total. The maximum absolute atomic E-state index is 5.71. The molecule has 4 heteroatoms. The van der Waals surface area contributed by atoms with Gasteiger partial charge in [0.1, 0.15) is 0 Å². The Morgan fingerprint density at radius 2 is 2.00 bits per heavy atom. The Kier molecular flexibility index (Phi) is 5.53. The van der Waals surface area contributed by atoms with E-state index in [2.05, 4.69) is 5.43 Å². The zero-order valence-corrected chi connectivity index (χ0v) is 9.92. The highest BCUT2D eigenvalue weighted by atomic mass is 16.5. The SMILES string of the molecule is CCOCC(NN)C1(OC)CCCCC1. The minimum absolute atomic E-state index is 0.0998. The summed E-state index contributed by atoms with van der Waals surface area (Å²) in [4.78, 5) is 0. The van der Waals surface area contributed by atoms with Gasteiger partial charge < -0.3 is 9.47 Å². The van der Waals surface area contributed by atoms with Gasteiger partial charge >= 0.3 is 0 Å². The van der Waals surface area contributed by atoms with Crippen molar-refractivity contribution in [1.82, 2.24) is 5.43 Å². The third-order valence-corrected chi connectivity index (χ3v) is 3.43. The summed E-state index contributed by atoms with van der Waals surface area (Å²) in [5, 5.41) is 0. The average Bonchev–Trinajstić information content (AvgIpc) is 2.31. The van der Waals surface area contributed by atoms with E-state index in [0.717, 1.165) is 19.4 Å². The largest absolute Gasteiger partial charge is 0.380 e. The Morgan fingerprint density at radius 1 is 1.33 bits per heavy atom. The molecular weight excluding hydrogens is 192 g/mol. The van der Waals surface area contributed by atoms with E-state index in [9.17, 15) is 0 Å². The topological polar surface area (TPSA) is 56.5 Å². The van der Waals surface area contributed by atoms with Crippen LogP contribution >= 0.6 is 0 Å². The maximum atomic E-state index is 5.71. The molecule has 1 rings (SSSR count). The lowest BCUT2D eigenvalue weighted by Gasteiger charge is -2.41. The van der Waals surface area contributed by atoms with Gasteiger partial charge in [-0.05, 0) is 19.8 Å². The quantitative estimate of drug-likeness (QED) is 0.517. The molecule has 1 atom stereocenters. The van der Waals surface area contributed by atoms with Crippen LogP contribution in [0.2, 0.25) is 0 Å². The molecule has 0 radical (unpaired) electrons. The molecule has 15 heavy (non-hydrogen) atoms. The lowest BCUT2D eigenvalue weighted by atomic mass is 9.79. The number of ether oxygens (including phenoxy) is 2. The summed E-state index contributed by atoms with van der Waals surface area (Å²) in [7, 11) is 1.78. The van der Waals surface area contributed by atoms with E-state index < -0.39 is 0 Å². The highest BCUT2D eigenvalue weighted by molar-refractivity contribution is 4.94. The van der Waals surface area contributed by atoms with Gasteiger partial charge in [0, 0.05) is 13.7 Å². The first kappa shape index (κ1) is 12.9. The fourth-order valence-electron chi connectivity index (χ4n) is 2.43. The molecule has 0 aromatic rings. The van der Waals surface area contributed by atoms with Crippen molar-refractivity contribution in [1.29, 1.82) is 0 Å². The van der Waals surface area contributed by atoms with Crippen molar-refractivity contribution in [2.45, 2.75) is 50.7 Å². The van der Waals surface area contributed by atoms with Crippen molar-refractivity contribution in [2.75, 3.05) is 20.3 Å². The predicted octanol–water partition coefficient (Wildman–Crippen LogP) is 1.20. The molecule has 1 saturated carbocycles. The van der Waals surface area contributed by atoms with E-state index in [1.807, 2.05) is 6.92 Å². The highest BCUT2D eigenvalue weighted by Crippen LogP contribution is 2.33. The number of nitrogens with one attached hydrogen (secondary N) is 1. The predicted molar refractivity (Wildman–Crippen MR) is 60.4 cm³/mol. The van der Waals surface area contributed by atoms with E-state index in [0.29, 0.717) is 6.61 Å². The summed E-state index contributed by atoms with van der Waals surface area (Å²) in [6.07, 6.45) is 5.89. The number of rotatable bonds is 6. The van der Waals surface area contributed by atoms with Crippen LogP contribution in [0.1, 0.15) is 39.0 Å². The van der Waals surface area contributed by atoms with Gasteiger partial charge in [0.2, 0.25) is 0 Å². The Hall–Kier alpha value is -0.160. The van der Waals surface area contributed by atoms with Gasteiger partial charge in [-0.1, -0.05) is 19.3 Å². The molecule has 0 heterocycles. The van der Waals surface area contributed by atoms with Gasteiger partial charge in [0.25, 0.3) is 0 Å². The smallest absolute Gasteiger partial charge is 0.0866 e. The summed E-state index contributed by atoms with van der Waals surface area (Å²) < 4.78 is 11.2. The molecule has 1 unspecified atom stereocenters. The Morgan fingerprint density at radius 3 is 2.47 bits per heavy atom. The van der Waals surface area contributed by atoms with Gasteiger partial charge in [0.15, 0.2) is 0 Å². The first-order valence-electron chi connectivity index (χ1n) is 5.88. The molecule has 1 fully saturated rings. The average molecular weight is 216 g/mol. The van der Waals surface area contributed by atoms with Crippen molar-refractivity contribution in [2.24, 2.45) is 5.84 Å². The lowest BCUT2D eigenvalue weighted by Crippen LogP contribution is -2.57. The number of hydrazine groups is 1. The molecular formula is C11H24N2O2. The van der Waals surface area contributed by atoms with Gasteiger partial charge in [-0.15, -0.1) is 0 Å². The minimum atomic E-state index is -0.123. The molecule has 0 saturated heterocycles. The second-order valence-corrected chi connectivity index (χ2v) is 4.21. The fraction of sp³-hybridized carbons (Fsp3) is 1.00. The van der Waals surface area contributed by atoms with Crippen molar-refractivity contribution < 1.29 is 9.47 Å². The number of hydrogen-bond acceptors (Lipinski definition) is 4. The number of methoxy groups -OCH3 is 1. The summed E-state index contributed by atoms with van der Waals surface area (Å²) >= 11 is 0. The maximum Gasteiger partial charge on any atom is 0.0866 e. The first-order chi connectivity index (χ1) is 7.29. The third-order valence-electron chi connectivity index (χ3n) is 3.43. The molecule has 0 aromatic heterocycles. The van der Waals surface area contributed by atoms with Crippen LogP contribution in [-0.2, 0) is 9.47 Å². The van der Waals surface area contributed by atoms with Crippen LogP contribution in [0.5, 0.6) is 0 Å². The lowest BCUT2D eigenvalue weighted by molar-refractivity contribution is -0.0856. The molecule has 0 amide bonds. The van der Waals surface area contributed by atoms with Crippen LogP contribution < -0.4 is 11.3 Å². The van der Waals surface area contributed by atoms with E-state index >= 15 is 0 Å².